The van der Waals surface area contributed by atoms with Gasteiger partial charge in [-0.25, -0.2) is 4.68 Å². The number of nitrogens with zero attached hydrogens (tertiary/aromatic N) is 2. The molecule has 0 atom stereocenters. The van der Waals surface area contributed by atoms with Crippen LogP contribution in [0.2, 0.25) is 0 Å². The molecule has 0 aliphatic heterocycles. The molecule has 1 amide bonds. The third-order valence-electron chi connectivity index (χ3n) is 3.62. The van der Waals surface area contributed by atoms with Crippen LogP contribution in [-0.2, 0) is 11.2 Å². The highest BCUT2D eigenvalue weighted by Crippen LogP contribution is 2.18. The molecule has 24 heavy (non-hydrogen) atoms. The summed E-state index contributed by atoms with van der Waals surface area (Å²) in [6.45, 7) is 1.90. The van der Waals surface area contributed by atoms with Gasteiger partial charge in [-0.05, 0) is 36.8 Å². The number of hydrogen-bond donors (Lipinski definition) is 1. The lowest BCUT2D eigenvalue weighted by molar-refractivity contribution is -0.115. The minimum Gasteiger partial charge on any atom is -0.497 e. The standard InChI is InChI=1S/C19H19N3O2/c1-14-12-18(22(21-14)16-6-4-3-5-7-16)20-19(23)13-15-8-10-17(24-2)11-9-15/h3-12H,13H2,1-2H3,(H,20,23). The average Bonchev–Trinajstić information content (AvgIpc) is 2.96. The highest BCUT2D eigenvalue weighted by molar-refractivity contribution is 5.91. The number of carbonyl (C=O) groups excluding carboxylic acids is 1. The Morgan fingerprint density at radius 2 is 1.83 bits per heavy atom. The van der Waals surface area contributed by atoms with E-state index in [9.17, 15) is 4.79 Å². The van der Waals surface area contributed by atoms with Crippen LogP contribution in [0.25, 0.3) is 5.69 Å². The quantitative estimate of drug-likeness (QED) is 0.784. The topological polar surface area (TPSA) is 56.1 Å². The molecule has 3 rings (SSSR count). The molecule has 2 aromatic carbocycles. The largest absolute Gasteiger partial charge is 0.497 e. The van der Waals surface area contributed by atoms with Gasteiger partial charge < -0.3 is 10.1 Å². The van der Waals surface area contributed by atoms with Crippen LogP contribution >= 0.6 is 0 Å². The Morgan fingerprint density at radius 1 is 1.12 bits per heavy atom. The molecular weight excluding hydrogens is 302 g/mol. The smallest absolute Gasteiger partial charge is 0.229 e. The lowest BCUT2D eigenvalue weighted by Crippen LogP contribution is -2.17. The molecule has 1 heterocycles. The normalized spacial score (nSPS) is 10.4. The molecule has 0 saturated carbocycles. The van der Waals surface area contributed by atoms with E-state index in [0.717, 1.165) is 22.7 Å². The molecule has 0 aliphatic rings. The van der Waals surface area contributed by atoms with Crippen molar-refractivity contribution in [3.05, 3.63) is 71.9 Å². The third-order valence-corrected chi connectivity index (χ3v) is 3.62. The first-order chi connectivity index (χ1) is 11.7. The summed E-state index contributed by atoms with van der Waals surface area (Å²) in [5.41, 5.74) is 2.68. The zero-order valence-corrected chi connectivity index (χ0v) is 13.7. The Balaban J connectivity index is 1.74. The van der Waals surface area contributed by atoms with Gasteiger partial charge in [0, 0.05) is 6.07 Å². The second-order valence-corrected chi connectivity index (χ2v) is 5.49. The summed E-state index contributed by atoms with van der Waals surface area (Å²) in [4.78, 5) is 12.3. The monoisotopic (exact) mass is 321 g/mol. The van der Waals surface area contributed by atoms with E-state index in [1.54, 1.807) is 11.8 Å². The van der Waals surface area contributed by atoms with Gasteiger partial charge in [0.25, 0.3) is 0 Å². The first kappa shape index (κ1) is 15.8. The van der Waals surface area contributed by atoms with Crippen LogP contribution in [0.5, 0.6) is 5.75 Å². The van der Waals surface area contributed by atoms with Crippen LogP contribution in [0.4, 0.5) is 5.82 Å². The molecule has 0 aliphatic carbocycles. The summed E-state index contributed by atoms with van der Waals surface area (Å²) in [7, 11) is 1.62. The van der Waals surface area contributed by atoms with Gasteiger partial charge in [-0.15, -0.1) is 0 Å². The van der Waals surface area contributed by atoms with Crippen molar-refractivity contribution < 1.29 is 9.53 Å². The zero-order valence-electron chi connectivity index (χ0n) is 13.7. The molecule has 5 heteroatoms. The second-order valence-electron chi connectivity index (χ2n) is 5.49. The summed E-state index contributed by atoms with van der Waals surface area (Å²) in [6, 6.07) is 19.1. The van der Waals surface area contributed by atoms with Crippen LogP contribution < -0.4 is 10.1 Å². The maximum atomic E-state index is 12.3. The Hall–Kier alpha value is -3.08. The van der Waals surface area contributed by atoms with E-state index in [2.05, 4.69) is 10.4 Å². The maximum Gasteiger partial charge on any atom is 0.229 e. The molecule has 0 radical (unpaired) electrons. The molecule has 0 fully saturated rings. The molecule has 0 bridgehead atoms. The van der Waals surface area contributed by atoms with Gasteiger partial charge in [0.2, 0.25) is 5.91 Å². The number of carbonyl (C=O) groups is 1. The number of methoxy groups -OCH3 is 1. The molecule has 0 unspecified atom stereocenters. The fourth-order valence-electron chi connectivity index (χ4n) is 2.47. The van der Waals surface area contributed by atoms with Gasteiger partial charge in [0.15, 0.2) is 0 Å². The van der Waals surface area contributed by atoms with Gasteiger partial charge in [-0.3, -0.25) is 4.79 Å². The second kappa shape index (κ2) is 7.00. The molecule has 0 spiro atoms. The highest BCUT2D eigenvalue weighted by Gasteiger charge is 2.11. The van der Waals surface area contributed by atoms with Crippen molar-refractivity contribution in [1.29, 1.82) is 0 Å². The van der Waals surface area contributed by atoms with Crippen LogP contribution in [-0.4, -0.2) is 22.8 Å². The Labute approximate surface area is 140 Å². The minimum atomic E-state index is -0.0859. The lowest BCUT2D eigenvalue weighted by atomic mass is 10.1. The summed E-state index contributed by atoms with van der Waals surface area (Å²) in [5, 5.41) is 7.39. The van der Waals surface area contributed by atoms with Gasteiger partial charge in [-0.1, -0.05) is 30.3 Å². The first-order valence-electron chi connectivity index (χ1n) is 7.70. The van der Waals surface area contributed by atoms with Gasteiger partial charge in [0.1, 0.15) is 11.6 Å². The molecule has 1 aromatic heterocycles. The van der Waals surface area contributed by atoms with Crippen molar-refractivity contribution in [3.63, 3.8) is 0 Å². The van der Waals surface area contributed by atoms with Crippen molar-refractivity contribution in [2.75, 3.05) is 12.4 Å². The minimum absolute atomic E-state index is 0.0859. The van der Waals surface area contributed by atoms with Crippen LogP contribution in [0.1, 0.15) is 11.3 Å². The molecule has 122 valence electrons. The Bertz CT molecular complexity index is 824. The Morgan fingerprint density at radius 3 is 2.50 bits per heavy atom. The fourth-order valence-corrected chi connectivity index (χ4v) is 2.47. The van der Waals surface area contributed by atoms with E-state index < -0.39 is 0 Å². The van der Waals surface area contributed by atoms with Gasteiger partial charge in [0.05, 0.1) is 24.9 Å². The van der Waals surface area contributed by atoms with Gasteiger partial charge >= 0.3 is 0 Å². The van der Waals surface area contributed by atoms with Crippen LogP contribution in [0, 0.1) is 6.92 Å². The van der Waals surface area contributed by atoms with Crippen LogP contribution in [0.15, 0.2) is 60.7 Å². The lowest BCUT2D eigenvalue weighted by Gasteiger charge is -2.09. The molecule has 5 nitrogen and oxygen atoms in total. The first-order valence-corrected chi connectivity index (χ1v) is 7.70. The number of aryl methyl sites for hydroxylation is 1. The van der Waals surface area contributed by atoms with E-state index in [-0.39, 0.29) is 5.91 Å². The van der Waals surface area contributed by atoms with E-state index in [0.29, 0.717) is 12.2 Å². The van der Waals surface area contributed by atoms with Crippen molar-refractivity contribution in [2.24, 2.45) is 0 Å². The van der Waals surface area contributed by atoms with E-state index in [4.69, 9.17) is 4.74 Å². The fraction of sp³-hybridized carbons (Fsp3) is 0.158. The zero-order chi connectivity index (χ0) is 16.9. The summed E-state index contributed by atoms with van der Waals surface area (Å²) in [6.07, 6.45) is 0.295. The van der Waals surface area contributed by atoms with E-state index >= 15 is 0 Å². The van der Waals surface area contributed by atoms with Crippen molar-refractivity contribution >= 4 is 11.7 Å². The number of rotatable bonds is 5. The average molecular weight is 321 g/mol. The van der Waals surface area contributed by atoms with Crippen LogP contribution in [0.3, 0.4) is 0 Å². The summed E-state index contributed by atoms with van der Waals surface area (Å²) >= 11 is 0. The van der Waals surface area contributed by atoms with Gasteiger partial charge in [-0.2, -0.15) is 5.10 Å². The predicted octanol–water partition coefficient (Wildman–Crippen LogP) is 3.37. The van der Waals surface area contributed by atoms with E-state index in [1.165, 1.54) is 0 Å². The van der Waals surface area contributed by atoms with Crippen molar-refractivity contribution in [3.8, 4) is 11.4 Å². The summed E-state index contributed by atoms with van der Waals surface area (Å²) in [5.74, 6) is 1.35. The van der Waals surface area contributed by atoms with Crippen molar-refractivity contribution in [2.45, 2.75) is 13.3 Å². The number of aromatic nitrogens is 2. The number of para-hydroxylation sites is 1. The number of amides is 1. The highest BCUT2D eigenvalue weighted by atomic mass is 16.5. The number of anilines is 1. The third kappa shape index (κ3) is 3.63. The number of hydrogen-bond acceptors (Lipinski definition) is 3. The predicted molar refractivity (Wildman–Crippen MR) is 93.6 cm³/mol. The summed E-state index contributed by atoms with van der Waals surface area (Å²) < 4.78 is 6.86. The number of nitrogens with one attached hydrogen (secondary N) is 1. The van der Waals surface area contributed by atoms with Crippen molar-refractivity contribution in [1.82, 2.24) is 9.78 Å². The molecule has 3 aromatic rings. The maximum absolute atomic E-state index is 12.3. The number of ether oxygens (including phenoxy) is 1. The molecule has 0 saturated heterocycles. The molecular formula is C19H19N3O2. The SMILES string of the molecule is COc1ccc(CC(=O)Nc2cc(C)nn2-c2ccccc2)cc1. The number of benzene rings is 2. The Kier molecular flexibility index (Phi) is 4.61. The van der Waals surface area contributed by atoms with E-state index in [1.807, 2.05) is 67.6 Å². The molecule has 1 N–H and O–H groups in total.